The van der Waals surface area contributed by atoms with Crippen molar-refractivity contribution in [3.8, 4) is 0 Å². The Bertz CT molecular complexity index is 399. The molecule has 1 aromatic heterocycles. The van der Waals surface area contributed by atoms with Gasteiger partial charge in [0.1, 0.15) is 0 Å². The van der Waals surface area contributed by atoms with Gasteiger partial charge in [-0.2, -0.15) is 0 Å². The number of aromatic nitrogens is 1. The van der Waals surface area contributed by atoms with E-state index in [2.05, 4.69) is 27.4 Å². The Morgan fingerprint density at radius 3 is 2.67 bits per heavy atom. The number of hydrogen-bond acceptors (Lipinski definition) is 5. The molecule has 1 aromatic rings. The van der Waals surface area contributed by atoms with Crippen molar-refractivity contribution in [2.45, 2.75) is 6.54 Å². The molecular formula is C12H18N4O2. The standard InChI is InChI=1S/C12H18N4O2/c1-15-4-6-16(7-5-15)14-9-11-3-2-10(8-13-11)12(17)18/h2-3,8,14H,4-7,9H2,1H3,(H,17,18). The molecule has 2 heterocycles. The summed E-state index contributed by atoms with van der Waals surface area (Å²) in [5.41, 5.74) is 4.37. The van der Waals surface area contributed by atoms with E-state index in [1.165, 1.54) is 6.20 Å². The number of hydrogen-bond donors (Lipinski definition) is 2. The van der Waals surface area contributed by atoms with Crippen LogP contribution in [0, 0.1) is 0 Å². The number of pyridine rings is 1. The summed E-state index contributed by atoms with van der Waals surface area (Å²) in [6, 6.07) is 3.32. The van der Waals surface area contributed by atoms with Crippen LogP contribution in [0.25, 0.3) is 0 Å². The molecule has 18 heavy (non-hydrogen) atoms. The Balaban J connectivity index is 1.81. The summed E-state index contributed by atoms with van der Waals surface area (Å²) in [5.74, 6) is -0.943. The molecule has 0 aromatic carbocycles. The summed E-state index contributed by atoms with van der Waals surface area (Å²) in [6.45, 7) is 4.72. The van der Waals surface area contributed by atoms with Crippen molar-refractivity contribution < 1.29 is 9.90 Å². The quantitative estimate of drug-likeness (QED) is 0.786. The van der Waals surface area contributed by atoms with Gasteiger partial charge in [0.2, 0.25) is 0 Å². The number of aromatic carboxylic acids is 1. The minimum atomic E-state index is -0.943. The van der Waals surface area contributed by atoms with Crippen molar-refractivity contribution in [1.82, 2.24) is 20.3 Å². The first kappa shape index (κ1) is 12.9. The first-order valence-electron chi connectivity index (χ1n) is 6.00. The lowest BCUT2D eigenvalue weighted by Crippen LogP contribution is -2.50. The topological polar surface area (TPSA) is 68.7 Å². The van der Waals surface area contributed by atoms with Gasteiger partial charge < -0.3 is 10.0 Å². The van der Waals surface area contributed by atoms with Crippen LogP contribution in [0.5, 0.6) is 0 Å². The van der Waals surface area contributed by atoms with Gasteiger partial charge in [0.25, 0.3) is 0 Å². The predicted octanol–water partition coefficient (Wildman–Crippen LogP) is 0.0318. The van der Waals surface area contributed by atoms with Crippen LogP contribution < -0.4 is 5.43 Å². The smallest absolute Gasteiger partial charge is 0.337 e. The molecule has 0 unspecified atom stereocenters. The largest absolute Gasteiger partial charge is 0.478 e. The summed E-state index contributed by atoms with van der Waals surface area (Å²) in [6.07, 6.45) is 1.39. The zero-order valence-corrected chi connectivity index (χ0v) is 10.5. The highest BCUT2D eigenvalue weighted by Gasteiger charge is 2.13. The number of carboxylic acid groups (broad SMARTS) is 1. The van der Waals surface area contributed by atoms with E-state index < -0.39 is 5.97 Å². The lowest BCUT2D eigenvalue weighted by molar-refractivity contribution is 0.0696. The molecule has 0 aliphatic carbocycles. The van der Waals surface area contributed by atoms with Gasteiger partial charge in [0.05, 0.1) is 17.8 Å². The van der Waals surface area contributed by atoms with Crippen molar-refractivity contribution in [2.24, 2.45) is 0 Å². The molecule has 1 aliphatic heterocycles. The number of hydrazine groups is 1. The van der Waals surface area contributed by atoms with Crippen molar-refractivity contribution in [2.75, 3.05) is 33.2 Å². The van der Waals surface area contributed by atoms with Gasteiger partial charge in [0, 0.05) is 32.4 Å². The Kier molecular flexibility index (Phi) is 4.24. The number of nitrogens with zero attached hydrogens (tertiary/aromatic N) is 3. The average Bonchev–Trinajstić information content (AvgIpc) is 2.38. The summed E-state index contributed by atoms with van der Waals surface area (Å²) >= 11 is 0. The van der Waals surface area contributed by atoms with Crippen molar-refractivity contribution in [1.29, 1.82) is 0 Å². The maximum absolute atomic E-state index is 10.7. The van der Waals surface area contributed by atoms with E-state index in [0.29, 0.717) is 6.54 Å². The van der Waals surface area contributed by atoms with Gasteiger partial charge in [0.15, 0.2) is 0 Å². The molecule has 2 rings (SSSR count). The van der Waals surface area contributed by atoms with E-state index in [-0.39, 0.29) is 5.56 Å². The van der Waals surface area contributed by atoms with E-state index in [1.807, 2.05) is 0 Å². The molecule has 2 N–H and O–H groups in total. The van der Waals surface area contributed by atoms with Crippen LogP contribution in [-0.2, 0) is 6.54 Å². The monoisotopic (exact) mass is 250 g/mol. The Morgan fingerprint density at radius 1 is 1.39 bits per heavy atom. The molecule has 0 radical (unpaired) electrons. The zero-order valence-electron chi connectivity index (χ0n) is 10.5. The van der Waals surface area contributed by atoms with Gasteiger partial charge in [-0.15, -0.1) is 0 Å². The molecule has 0 spiro atoms. The SMILES string of the molecule is CN1CCN(NCc2ccc(C(=O)O)cn2)CC1. The van der Waals surface area contributed by atoms with Gasteiger partial charge in [-0.05, 0) is 19.2 Å². The molecular weight excluding hydrogens is 232 g/mol. The van der Waals surface area contributed by atoms with Crippen molar-refractivity contribution >= 4 is 5.97 Å². The minimum Gasteiger partial charge on any atom is -0.478 e. The Hall–Kier alpha value is -1.50. The zero-order chi connectivity index (χ0) is 13.0. The highest BCUT2D eigenvalue weighted by Crippen LogP contribution is 2.01. The Morgan fingerprint density at radius 2 is 2.11 bits per heavy atom. The van der Waals surface area contributed by atoms with Crippen molar-refractivity contribution in [3.63, 3.8) is 0 Å². The number of carboxylic acids is 1. The highest BCUT2D eigenvalue weighted by molar-refractivity contribution is 5.87. The summed E-state index contributed by atoms with van der Waals surface area (Å²) < 4.78 is 0. The van der Waals surface area contributed by atoms with Crippen LogP contribution in [0.4, 0.5) is 0 Å². The maximum Gasteiger partial charge on any atom is 0.337 e. The number of carbonyl (C=O) groups is 1. The van der Waals surface area contributed by atoms with Crippen LogP contribution >= 0.6 is 0 Å². The van der Waals surface area contributed by atoms with Crippen LogP contribution in [0.1, 0.15) is 16.1 Å². The van der Waals surface area contributed by atoms with Gasteiger partial charge in [-0.1, -0.05) is 0 Å². The summed E-state index contributed by atoms with van der Waals surface area (Å²) in [5, 5.41) is 10.9. The van der Waals surface area contributed by atoms with Gasteiger partial charge in [-0.3, -0.25) is 4.98 Å². The van der Waals surface area contributed by atoms with Crippen LogP contribution in [0.2, 0.25) is 0 Å². The fourth-order valence-corrected chi connectivity index (χ4v) is 1.81. The van der Waals surface area contributed by atoms with Crippen molar-refractivity contribution in [3.05, 3.63) is 29.6 Å². The first-order valence-corrected chi connectivity index (χ1v) is 6.00. The van der Waals surface area contributed by atoms with Crippen LogP contribution in [0.15, 0.2) is 18.3 Å². The van der Waals surface area contributed by atoms with E-state index in [1.54, 1.807) is 12.1 Å². The number of likely N-dealkylation sites (N-methyl/N-ethyl adjacent to an activating group) is 1. The van der Waals surface area contributed by atoms with E-state index in [0.717, 1.165) is 31.9 Å². The number of piperazine rings is 1. The van der Waals surface area contributed by atoms with E-state index in [4.69, 9.17) is 5.11 Å². The summed E-state index contributed by atoms with van der Waals surface area (Å²) in [4.78, 5) is 17.1. The fraction of sp³-hybridized carbons (Fsp3) is 0.500. The molecule has 0 atom stereocenters. The van der Waals surface area contributed by atoms with E-state index >= 15 is 0 Å². The normalized spacial score (nSPS) is 17.8. The lowest BCUT2D eigenvalue weighted by Gasteiger charge is -2.32. The molecule has 6 heteroatoms. The molecule has 1 saturated heterocycles. The van der Waals surface area contributed by atoms with Crippen LogP contribution in [-0.4, -0.2) is 59.2 Å². The predicted molar refractivity (Wildman–Crippen MR) is 67.1 cm³/mol. The number of nitrogens with one attached hydrogen (secondary N) is 1. The third-order valence-corrected chi connectivity index (χ3v) is 3.06. The highest BCUT2D eigenvalue weighted by atomic mass is 16.4. The summed E-state index contributed by atoms with van der Waals surface area (Å²) in [7, 11) is 2.11. The van der Waals surface area contributed by atoms with Gasteiger partial charge >= 0.3 is 5.97 Å². The second-order valence-corrected chi connectivity index (χ2v) is 4.47. The lowest BCUT2D eigenvalue weighted by atomic mass is 10.2. The molecule has 0 bridgehead atoms. The number of rotatable bonds is 4. The van der Waals surface area contributed by atoms with Crippen LogP contribution in [0.3, 0.4) is 0 Å². The molecule has 6 nitrogen and oxygen atoms in total. The Labute approximate surface area is 106 Å². The molecule has 0 amide bonds. The maximum atomic E-state index is 10.7. The molecule has 1 fully saturated rings. The molecule has 0 saturated carbocycles. The average molecular weight is 250 g/mol. The second-order valence-electron chi connectivity index (χ2n) is 4.47. The minimum absolute atomic E-state index is 0.221. The van der Waals surface area contributed by atoms with E-state index in [9.17, 15) is 4.79 Å². The first-order chi connectivity index (χ1) is 8.65. The third kappa shape index (κ3) is 3.49. The second kappa shape index (κ2) is 5.90. The fourth-order valence-electron chi connectivity index (χ4n) is 1.81. The van der Waals surface area contributed by atoms with Gasteiger partial charge in [-0.25, -0.2) is 15.2 Å². The third-order valence-electron chi connectivity index (χ3n) is 3.06. The molecule has 1 aliphatic rings. The molecule has 98 valence electrons.